The lowest BCUT2D eigenvalue weighted by molar-refractivity contribution is 0.143. The minimum atomic E-state index is -0.935. The van der Waals surface area contributed by atoms with Crippen molar-refractivity contribution in [1.82, 2.24) is 14.5 Å². The predicted octanol–water partition coefficient (Wildman–Crippen LogP) is 2.08. The number of nitrogens with zero attached hydrogens (tertiary/aromatic N) is 3. The first-order valence-corrected chi connectivity index (χ1v) is 7.87. The zero-order chi connectivity index (χ0) is 14.9. The molecule has 110 valence electrons. The molecule has 0 aromatic carbocycles. The van der Waals surface area contributed by atoms with E-state index in [1.165, 1.54) is 10.6 Å². The second-order valence-electron chi connectivity index (χ2n) is 5.86. The summed E-state index contributed by atoms with van der Waals surface area (Å²) in [5.74, 6) is 5.90. The maximum absolute atomic E-state index is 9.63. The molecule has 4 nitrogen and oxygen atoms in total. The van der Waals surface area contributed by atoms with Crippen LogP contribution in [-0.4, -0.2) is 31.7 Å². The van der Waals surface area contributed by atoms with Gasteiger partial charge in [0.1, 0.15) is 5.60 Å². The highest BCUT2D eigenvalue weighted by Gasteiger charge is 2.16. The Morgan fingerprint density at radius 2 is 2.24 bits per heavy atom. The molecule has 1 aliphatic rings. The van der Waals surface area contributed by atoms with Crippen LogP contribution < -0.4 is 0 Å². The molecule has 0 amide bonds. The Labute approximate surface area is 129 Å². The number of imidazole rings is 1. The second-order valence-corrected chi connectivity index (χ2v) is 7.03. The molecule has 0 bridgehead atoms. The van der Waals surface area contributed by atoms with Gasteiger partial charge in [-0.3, -0.25) is 4.90 Å². The maximum atomic E-state index is 9.63. The van der Waals surface area contributed by atoms with E-state index in [1.807, 2.05) is 18.6 Å². The fourth-order valence-corrected chi connectivity index (χ4v) is 3.24. The van der Waals surface area contributed by atoms with Crippen LogP contribution in [-0.2, 0) is 19.6 Å². The molecule has 0 saturated carbocycles. The van der Waals surface area contributed by atoms with Crippen molar-refractivity contribution >= 4 is 11.3 Å². The van der Waals surface area contributed by atoms with E-state index in [2.05, 4.69) is 32.4 Å². The molecule has 0 saturated heterocycles. The van der Waals surface area contributed by atoms with Crippen molar-refractivity contribution in [3.05, 3.63) is 40.1 Å². The SMILES string of the molecule is CC(C)(O)C#Cc1ccc(CN2CCn3cncc3C2)s1. The molecule has 21 heavy (non-hydrogen) atoms. The van der Waals surface area contributed by atoms with Gasteiger partial charge in [0.15, 0.2) is 0 Å². The van der Waals surface area contributed by atoms with Crippen LogP contribution >= 0.6 is 11.3 Å². The first kappa shape index (κ1) is 14.3. The molecular weight excluding hydrogens is 282 g/mol. The average Bonchev–Trinajstić information content (AvgIpc) is 3.04. The van der Waals surface area contributed by atoms with Gasteiger partial charge in [0.2, 0.25) is 0 Å². The number of aliphatic hydroxyl groups is 1. The van der Waals surface area contributed by atoms with Crippen molar-refractivity contribution in [2.45, 2.75) is 39.1 Å². The van der Waals surface area contributed by atoms with Crippen LogP contribution in [0.3, 0.4) is 0 Å². The molecule has 3 heterocycles. The van der Waals surface area contributed by atoms with Crippen molar-refractivity contribution in [2.24, 2.45) is 0 Å². The van der Waals surface area contributed by atoms with Crippen molar-refractivity contribution in [1.29, 1.82) is 0 Å². The predicted molar refractivity (Wildman–Crippen MR) is 83.8 cm³/mol. The Hall–Kier alpha value is -1.61. The maximum Gasteiger partial charge on any atom is 0.120 e. The molecule has 1 aliphatic heterocycles. The van der Waals surface area contributed by atoms with Crippen LogP contribution in [0.5, 0.6) is 0 Å². The third-order valence-electron chi connectivity index (χ3n) is 3.37. The molecule has 0 atom stereocenters. The second kappa shape index (κ2) is 5.64. The quantitative estimate of drug-likeness (QED) is 0.864. The van der Waals surface area contributed by atoms with Gasteiger partial charge >= 0.3 is 0 Å². The van der Waals surface area contributed by atoms with E-state index in [0.717, 1.165) is 31.1 Å². The summed E-state index contributed by atoms with van der Waals surface area (Å²) in [6.07, 6.45) is 3.85. The largest absolute Gasteiger partial charge is 0.378 e. The van der Waals surface area contributed by atoms with Crippen molar-refractivity contribution in [3.8, 4) is 11.8 Å². The summed E-state index contributed by atoms with van der Waals surface area (Å²) in [5.41, 5.74) is 0.343. The van der Waals surface area contributed by atoms with Gasteiger partial charge in [0.05, 0.1) is 16.9 Å². The summed E-state index contributed by atoms with van der Waals surface area (Å²) < 4.78 is 2.21. The molecule has 5 heteroatoms. The molecule has 1 N–H and O–H groups in total. The number of hydrogen-bond acceptors (Lipinski definition) is 4. The van der Waals surface area contributed by atoms with E-state index >= 15 is 0 Å². The highest BCUT2D eigenvalue weighted by molar-refractivity contribution is 7.12. The van der Waals surface area contributed by atoms with Crippen LogP contribution in [0, 0.1) is 11.8 Å². The van der Waals surface area contributed by atoms with Crippen molar-refractivity contribution in [3.63, 3.8) is 0 Å². The van der Waals surface area contributed by atoms with E-state index in [1.54, 1.807) is 25.2 Å². The summed E-state index contributed by atoms with van der Waals surface area (Å²) in [6, 6.07) is 4.16. The first-order valence-electron chi connectivity index (χ1n) is 7.05. The lowest BCUT2D eigenvalue weighted by Crippen LogP contribution is -2.32. The van der Waals surface area contributed by atoms with Gasteiger partial charge in [-0.25, -0.2) is 4.98 Å². The lowest BCUT2D eigenvalue weighted by Gasteiger charge is -2.27. The van der Waals surface area contributed by atoms with Crippen molar-refractivity contribution < 1.29 is 5.11 Å². The zero-order valence-corrected chi connectivity index (χ0v) is 13.2. The van der Waals surface area contributed by atoms with E-state index in [9.17, 15) is 5.11 Å². The fourth-order valence-electron chi connectivity index (χ4n) is 2.34. The van der Waals surface area contributed by atoms with Gasteiger partial charge in [-0.1, -0.05) is 11.8 Å². The van der Waals surface area contributed by atoms with Gasteiger partial charge in [-0.2, -0.15) is 0 Å². The number of thiophene rings is 1. The van der Waals surface area contributed by atoms with Gasteiger partial charge < -0.3 is 9.67 Å². The molecule has 0 spiro atoms. The lowest BCUT2D eigenvalue weighted by atomic mass is 10.1. The van der Waals surface area contributed by atoms with Gasteiger partial charge in [0.25, 0.3) is 0 Å². The Kier molecular flexibility index (Phi) is 3.85. The Bertz CT molecular complexity index is 684. The normalized spacial score (nSPS) is 15.4. The summed E-state index contributed by atoms with van der Waals surface area (Å²) in [7, 11) is 0. The topological polar surface area (TPSA) is 41.3 Å². The highest BCUT2D eigenvalue weighted by atomic mass is 32.1. The molecule has 0 fully saturated rings. The Morgan fingerprint density at radius 3 is 3.05 bits per heavy atom. The Balaban J connectivity index is 1.64. The molecule has 0 radical (unpaired) electrons. The molecule has 0 unspecified atom stereocenters. The first-order chi connectivity index (χ1) is 9.99. The van der Waals surface area contributed by atoms with Gasteiger partial charge in [-0.05, 0) is 26.0 Å². The average molecular weight is 301 g/mol. The fraction of sp³-hybridized carbons (Fsp3) is 0.438. The number of fused-ring (bicyclic) bond motifs is 1. The molecule has 3 rings (SSSR count). The van der Waals surface area contributed by atoms with Gasteiger partial charge in [-0.15, -0.1) is 11.3 Å². The summed E-state index contributed by atoms with van der Waals surface area (Å²) in [6.45, 7) is 7.34. The highest BCUT2D eigenvalue weighted by Crippen LogP contribution is 2.20. The molecular formula is C16H19N3OS. The summed E-state index contributed by atoms with van der Waals surface area (Å²) in [5, 5.41) is 9.63. The van der Waals surface area contributed by atoms with Crippen LogP contribution in [0.4, 0.5) is 0 Å². The van der Waals surface area contributed by atoms with Gasteiger partial charge in [0, 0.05) is 37.3 Å². The minimum Gasteiger partial charge on any atom is -0.378 e. The Morgan fingerprint density at radius 1 is 1.38 bits per heavy atom. The number of rotatable bonds is 2. The van der Waals surface area contributed by atoms with Crippen LogP contribution in [0.2, 0.25) is 0 Å². The molecule has 2 aromatic heterocycles. The van der Waals surface area contributed by atoms with Crippen LogP contribution in [0.15, 0.2) is 24.7 Å². The third kappa shape index (κ3) is 3.73. The van der Waals surface area contributed by atoms with E-state index in [0.29, 0.717) is 0 Å². The molecule has 0 aliphatic carbocycles. The smallest absolute Gasteiger partial charge is 0.120 e. The summed E-state index contributed by atoms with van der Waals surface area (Å²) >= 11 is 1.70. The monoisotopic (exact) mass is 301 g/mol. The third-order valence-corrected chi connectivity index (χ3v) is 4.36. The minimum absolute atomic E-state index is 0.935. The molecule has 2 aromatic rings. The standard InChI is InChI=1S/C16H19N3OS/c1-16(2,20)6-5-14-3-4-15(21-14)11-18-7-8-19-12-17-9-13(19)10-18/h3-4,9,12,20H,7-8,10-11H2,1-2H3. The van der Waals surface area contributed by atoms with E-state index < -0.39 is 5.60 Å². The van der Waals surface area contributed by atoms with E-state index in [-0.39, 0.29) is 0 Å². The number of hydrogen-bond donors (Lipinski definition) is 1. The van der Waals surface area contributed by atoms with Crippen LogP contribution in [0.1, 0.15) is 29.3 Å². The number of aromatic nitrogens is 2. The van der Waals surface area contributed by atoms with E-state index in [4.69, 9.17) is 0 Å². The van der Waals surface area contributed by atoms with Crippen molar-refractivity contribution in [2.75, 3.05) is 6.54 Å². The summed E-state index contributed by atoms with van der Waals surface area (Å²) in [4.78, 5) is 8.94. The van der Waals surface area contributed by atoms with Crippen LogP contribution in [0.25, 0.3) is 0 Å². The zero-order valence-electron chi connectivity index (χ0n) is 12.3.